The van der Waals surface area contributed by atoms with Crippen molar-refractivity contribution in [1.29, 1.82) is 0 Å². The Balaban J connectivity index is 1.56. The zero-order chi connectivity index (χ0) is 17.6. The fourth-order valence-corrected chi connectivity index (χ4v) is 3.46. The summed E-state index contributed by atoms with van der Waals surface area (Å²) < 4.78 is 7.33. The Morgan fingerprint density at radius 1 is 1.32 bits per heavy atom. The van der Waals surface area contributed by atoms with Gasteiger partial charge in [0.05, 0.1) is 25.9 Å². The molecule has 1 saturated carbocycles. The predicted molar refractivity (Wildman–Crippen MR) is 97.7 cm³/mol. The largest absolute Gasteiger partial charge is 0.496 e. The van der Waals surface area contributed by atoms with E-state index in [1.54, 1.807) is 13.3 Å². The number of benzene rings is 1. The van der Waals surface area contributed by atoms with Crippen LogP contribution in [0.25, 0.3) is 0 Å². The molecule has 1 aliphatic rings. The van der Waals surface area contributed by atoms with Crippen LogP contribution in [-0.4, -0.2) is 41.3 Å². The van der Waals surface area contributed by atoms with Crippen LogP contribution < -0.4 is 10.1 Å². The summed E-state index contributed by atoms with van der Waals surface area (Å²) in [5, 5.41) is 7.39. The molecule has 0 atom stereocenters. The van der Waals surface area contributed by atoms with Crippen LogP contribution in [-0.2, 0) is 11.3 Å². The second kappa shape index (κ2) is 8.16. The SMILES string of the molecule is COc1ccccc1CN(C)CC(=O)Nc1ccnn1C1CCCC1. The molecule has 1 amide bonds. The molecule has 134 valence electrons. The van der Waals surface area contributed by atoms with E-state index in [2.05, 4.69) is 10.4 Å². The number of likely N-dealkylation sites (N-methyl/N-ethyl adjacent to an activating group) is 1. The Hall–Kier alpha value is -2.34. The highest BCUT2D eigenvalue weighted by Gasteiger charge is 2.20. The molecule has 0 saturated heterocycles. The van der Waals surface area contributed by atoms with Gasteiger partial charge >= 0.3 is 0 Å². The van der Waals surface area contributed by atoms with Crippen LogP contribution in [0.1, 0.15) is 37.3 Å². The molecule has 2 aromatic rings. The second-order valence-electron chi connectivity index (χ2n) is 6.63. The first kappa shape index (κ1) is 17.5. The van der Waals surface area contributed by atoms with Crippen LogP contribution >= 0.6 is 0 Å². The number of hydrogen-bond donors (Lipinski definition) is 1. The van der Waals surface area contributed by atoms with E-state index in [1.165, 1.54) is 12.8 Å². The Morgan fingerprint density at radius 3 is 2.84 bits per heavy atom. The Bertz CT molecular complexity index is 707. The van der Waals surface area contributed by atoms with E-state index in [4.69, 9.17) is 4.74 Å². The van der Waals surface area contributed by atoms with Gasteiger partial charge in [-0.25, -0.2) is 4.68 Å². The molecule has 1 aromatic carbocycles. The van der Waals surface area contributed by atoms with E-state index in [1.807, 2.05) is 47.0 Å². The normalized spacial score (nSPS) is 14.8. The van der Waals surface area contributed by atoms with Crippen LogP contribution in [0.5, 0.6) is 5.75 Å². The monoisotopic (exact) mass is 342 g/mol. The van der Waals surface area contributed by atoms with Crippen LogP contribution in [0.2, 0.25) is 0 Å². The smallest absolute Gasteiger partial charge is 0.239 e. The van der Waals surface area contributed by atoms with Crippen molar-refractivity contribution in [2.45, 2.75) is 38.3 Å². The van der Waals surface area contributed by atoms with Crippen LogP contribution in [0.15, 0.2) is 36.5 Å². The molecular weight excluding hydrogens is 316 g/mol. The molecule has 0 unspecified atom stereocenters. The lowest BCUT2D eigenvalue weighted by Gasteiger charge is -2.19. The van der Waals surface area contributed by atoms with Gasteiger partial charge in [0.1, 0.15) is 11.6 Å². The number of methoxy groups -OCH3 is 1. The fraction of sp³-hybridized carbons (Fsp3) is 0.474. The zero-order valence-corrected chi connectivity index (χ0v) is 14.9. The van der Waals surface area contributed by atoms with Gasteiger partial charge < -0.3 is 10.1 Å². The van der Waals surface area contributed by atoms with Crippen LogP contribution in [0, 0.1) is 0 Å². The topological polar surface area (TPSA) is 59.4 Å². The van der Waals surface area contributed by atoms with E-state index in [0.717, 1.165) is 30.0 Å². The summed E-state index contributed by atoms with van der Waals surface area (Å²) in [6.45, 7) is 0.965. The fourth-order valence-electron chi connectivity index (χ4n) is 3.46. The average molecular weight is 342 g/mol. The van der Waals surface area contributed by atoms with Crippen molar-refractivity contribution in [2.24, 2.45) is 0 Å². The molecule has 1 aromatic heterocycles. The van der Waals surface area contributed by atoms with Crippen LogP contribution in [0.3, 0.4) is 0 Å². The molecule has 1 fully saturated rings. The van der Waals surface area contributed by atoms with Crippen molar-refractivity contribution in [2.75, 3.05) is 26.0 Å². The summed E-state index contributed by atoms with van der Waals surface area (Å²) in [6.07, 6.45) is 6.50. The van der Waals surface area contributed by atoms with E-state index in [-0.39, 0.29) is 5.91 Å². The van der Waals surface area contributed by atoms with Gasteiger partial charge in [0.2, 0.25) is 5.91 Å². The molecule has 6 nitrogen and oxygen atoms in total. The minimum absolute atomic E-state index is 0.0304. The minimum atomic E-state index is -0.0304. The number of anilines is 1. The number of aromatic nitrogens is 2. The van der Waals surface area contributed by atoms with Crippen molar-refractivity contribution in [3.8, 4) is 5.75 Å². The number of rotatable bonds is 7. The Labute approximate surface area is 148 Å². The summed E-state index contributed by atoms with van der Waals surface area (Å²) in [4.78, 5) is 14.4. The highest BCUT2D eigenvalue weighted by atomic mass is 16.5. The number of nitrogens with zero attached hydrogens (tertiary/aromatic N) is 3. The molecule has 25 heavy (non-hydrogen) atoms. The molecule has 0 aliphatic heterocycles. The van der Waals surface area contributed by atoms with Crippen molar-refractivity contribution in [3.05, 3.63) is 42.1 Å². The van der Waals surface area contributed by atoms with Gasteiger partial charge in [-0.2, -0.15) is 5.10 Å². The van der Waals surface area contributed by atoms with Gasteiger partial charge in [-0.3, -0.25) is 9.69 Å². The first-order valence-corrected chi connectivity index (χ1v) is 8.81. The molecule has 1 aliphatic carbocycles. The molecule has 0 radical (unpaired) electrons. The van der Waals surface area contributed by atoms with Crippen molar-refractivity contribution >= 4 is 11.7 Å². The lowest BCUT2D eigenvalue weighted by molar-refractivity contribution is -0.117. The maximum absolute atomic E-state index is 12.4. The van der Waals surface area contributed by atoms with Gasteiger partial charge in [0.25, 0.3) is 0 Å². The third-order valence-corrected chi connectivity index (χ3v) is 4.65. The third kappa shape index (κ3) is 4.39. The van der Waals surface area contributed by atoms with E-state index in [0.29, 0.717) is 19.1 Å². The number of ether oxygens (including phenoxy) is 1. The lowest BCUT2D eigenvalue weighted by Crippen LogP contribution is -2.30. The lowest BCUT2D eigenvalue weighted by atomic mass is 10.2. The summed E-state index contributed by atoms with van der Waals surface area (Å²) >= 11 is 0. The van der Waals surface area contributed by atoms with E-state index >= 15 is 0 Å². The van der Waals surface area contributed by atoms with Gasteiger partial charge in [0.15, 0.2) is 0 Å². The summed E-state index contributed by atoms with van der Waals surface area (Å²) in [5.74, 6) is 1.61. The molecular formula is C19H26N4O2. The Morgan fingerprint density at radius 2 is 2.08 bits per heavy atom. The number of hydrogen-bond acceptors (Lipinski definition) is 4. The minimum Gasteiger partial charge on any atom is -0.496 e. The molecule has 6 heteroatoms. The number of amides is 1. The molecule has 3 rings (SSSR count). The van der Waals surface area contributed by atoms with E-state index < -0.39 is 0 Å². The molecule has 0 bridgehead atoms. The number of carbonyl (C=O) groups is 1. The summed E-state index contributed by atoms with van der Waals surface area (Å²) in [6, 6.07) is 10.2. The highest BCUT2D eigenvalue weighted by molar-refractivity contribution is 5.91. The molecule has 1 heterocycles. The van der Waals surface area contributed by atoms with Gasteiger partial charge in [-0.05, 0) is 26.0 Å². The number of carbonyl (C=O) groups excluding carboxylic acids is 1. The second-order valence-corrected chi connectivity index (χ2v) is 6.63. The van der Waals surface area contributed by atoms with Crippen molar-refractivity contribution in [1.82, 2.24) is 14.7 Å². The quantitative estimate of drug-likeness (QED) is 0.840. The maximum atomic E-state index is 12.4. The predicted octanol–water partition coefficient (Wildman–Crippen LogP) is 3.08. The van der Waals surface area contributed by atoms with Crippen LogP contribution in [0.4, 0.5) is 5.82 Å². The Kier molecular flexibility index (Phi) is 5.71. The number of nitrogens with one attached hydrogen (secondary N) is 1. The first-order chi connectivity index (χ1) is 12.2. The van der Waals surface area contributed by atoms with E-state index in [9.17, 15) is 4.79 Å². The van der Waals surface area contributed by atoms with Crippen molar-refractivity contribution < 1.29 is 9.53 Å². The summed E-state index contributed by atoms with van der Waals surface area (Å²) in [7, 11) is 3.59. The standard InChI is InChI=1S/C19H26N4O2/c1-22(13-15-7-3-6-10-17(15)25-2)14-19(24)21-18-11-12-20-23(18)16-8-4-5-9-16/h3,6-7,10-12,16H,4-5,8-9,13-14H2,1-2H3,(H,21,24). The highest BCUT2D eigenvalue weighted by Crippen LogP contribution is 2.31. The molecule has 1 N–H and O–H groups in total. The average Bonchev–Trinajstić information content (AvgIpc) is 3.26. The van der Waals surface area contributed by atoms with Crippen molar-refractivity contribution in [3.63, 3.8) is 0 Å². The zero-order valence-electron chi connectivity index (χ0n) is 14.9. The molecule has 0 spiro atoms. The van der Waals surface area contributed by atoms with Gasteiger partial charge in [-0.1, -0.05) is 31.0 Å². The van der Waals surface area contributed by atoms with Gasteiger partial charge in [-0.15, -0.1) is 0 Å². The summed E-state index contributed by atoms with van der Waals surface area (Å²) in [5.41, 5.74) is 1.07. The number of para-hydroxylation sites is 1. The van der Waals surface area contributed by atoms with Gasteiger partial charge in [0, 0.05) is 18.2 Å². The first-order valence-electron chi connectivity index (χ1n) is 8.81. The third-order valence-electron chi connectivity index (χ3n) is 4.65. The maximum Gasteiger partial charge on any atom is 0.239 e.